The van der Waals surface area contributed by atoms with Gasteiger partial charge in [-0.2, -0.15) is 0 Å². The first-order chi connectivity index (χ1) is 11.8. The SMILES string of the molecule is CCCCNC(=O)/C=C\c1nnn(C2CCCCC2)c1CCCC. The highest BCUT2D eigenvalue weighted by molar-refractivity contribution is 5.91. The molecule has 1 saturated carbocycles. The van der Waals surface area contributed by atoms with Crippen LogP contribution in [0.25, 0.3) is 6.08 Å². The van der Waals surface area contributed by atoms with E-state index in [1.54, 1.807) is 6.08 Å². The first-order valence-electron chi connectivity index (χ1n) is 9.66. The molecule has 0 unspecified atom stereocenters. The van der Waals surface area contributed by atoms with E-state index in [-0.39, 0.29) is 5.91 Å². The maximum atomic E-state index is 11.9. The Hall–Kier alpha value is -1.65. The summed E-state index contributed by atoms with van der Waals surface area (Å²) < 4.78 is 2.14. The monoisotopic (exact) mass is 332 g/mol. The molecule has 5 nitrogen and oxygen atoms in total. The van der Waals surface area contributed by atoms with Gasteiger partial charge >= 0.3 is 0 Å². The van der Waals surface area contributed by atoms with Crippen LogP contribution in [-0.4, -0.2) is 27.4 Å². The molecule has 0 radical (unpaired) electrons. The van der Waals surface area contributed by atoms with Crippen LogP contribution in [0.5, 0.6) is 0 Å². The molecule has 0 aromatic carbocycles. The maximum absolute atomic E-state index is 11.9. The topological polar surface area (TPSA) is 59.8 Å². The molecule has 0 bridgehead atoms. The predicted molar refractivity (Wildman–Crippen MR) is 97.7 cm³/mol. The first-order valence-corrected chi connectivity index (χ1v) is 9.66. The van der Waals surface area contributed by atoms with Crippen LogP contribution in [0.1, 0.15) is 89.1 Å². The third-order valence-electron chi connectivity index (χ3n) is 4.73. The molecule has 0 spiro atoms. The number of unbranched alkanes of at least 4 members (excludes halogenated alkanes) is 2. The average molecular weight is 332 g/mol. The van der Waals surface area contributed by atoms with E-state index in [4.69, 9.17) is 0 Å². The number of amides is 1. The van der Waals surface area contributed by atoms with Crippen LogP contribution in [0.4, 0.5) is 0 Å². The van der Waals surface area contributed by atoms with Crippen molar-refractivity contribution in [2.24, 2.45) is 0 Å². The molecule has 0 aliphatic heterocycles. The van der Waals surface area contributed by atoms with Crippen molar-refractivity contribution >= 4 is 12.0 Å². The van der Waals surface area contributed by atoms with Gasteiger partial charge in [-0.25, -0.2) is 4.68 Å². The Morgan fingerprint density at radius 3 is 2.67 bits per heavy atom. The lowest BCUT2D eigenvalue weighted by atomic mass is 9.95. The largest absolute Gasteiger partial charge is 0.353 e. The van der Waals surface area contributed by atoms with E-state index >= 15 is 0 Å². The highest BCUT2D eigenvalue weighted by Crippen LogP contribution is 2.29. The Bertz CT molecular complexity index is 529. The molecule has 1 fully saturated rings. The number of carbonyl (C=O) groups is 1. The van der Waals surface area contributed by atoms with E-state index in [0.717, 1.165) is 44.3 Å². The standard InChI is InChI=1S/C19H32N4O/c1-3-5-12-18-17(13-14-19(24)20-15-6-4-2)21-22-23(18)16-10-8-7-9-11-16/h13-14,16H,3-12,15H2,1-2H3,(H,20,24)/b14-13-. The van der Waals surface area contributed by atoms with Crippen LogP contribution in [0.15, 0.2) is 6.08 Å². The lowest BCUT2D eigenvalue weighted by Crippen LogP contribution is -2.21. The lowest BCUT2D eigenvalue weighted by Gasteiger charge is -2.23. The zero-order chi connectivity index (χ0) is 17.2. The minimum Gasteiger partial charge on any atom is -0.353 e. The molecule has 1 aliphatic carbocycles. The highest BCUT2D eigenvalue weighted by Gasteiger charge is 2.21. The Labute approximate surface area is 145 Å². The zero-order valence-corrected chi connectivity index (χ0v) is 15.3. The zero-order valence-electron chi connectivity index (χ0n) is 15.3. The Morgan fingerprint density at radius 2 is 1.96 bits per heavy atom. The van der Waals surface area contributed by atoms with Gasteiger partial charge in [0.2, 0.25) is 5.91 Å². The molecule has 1 amide bonds. The Balaban J connectivity index is 2.07. The summed E-state index contributed by atoms with van der Waals surface area (Å²) in [5, 5.41) is 11.7. The van der Waals surface area contributed by atoms with E-state index in [0.29, 0.717) is 6.04 Å². The molecule has 1 aliphatic rings. The van der Waals surface area contributed by atoms with Gasteiger partial charge < -0.3 is 5.32 Å². The van der Waals surface area contributed by atoms with Crippen molar-refractivity contribution in [3.63, 3.8) is 0 Å². The van der Waals surface area contributed by atoms with Crippen LogP contribution in [0.2, 0.25) is 0 Å². The van der Waals surface area contributed by atoms with Crippen LogP contribution in [-0.2, 0) is 11.2 Å². The van der Waals surface area contributed by atoms with E-state index in [2.05, 4.69) is 34.2 Å². The molecule has 1 heterocycles. The highest BCUT2D eigenvalue weighted by atomic mass is 16.1. The van der Waals surface area contributed by atoms with Gasteiger partial charge in [0.25, 0.3) is 0 Å². The lowest BCUT2D eigenvalue weighted by molar-refractivity contribution is -0.116. The Kier molecular flexibility index (Phi) is 7.99. The fourth-order valence-corrected chi connectivity index (χ4v) is 3.26. The van der Waals surface area contributed by atoms with Crippen LogP contribution >= 0.6 is 0 Å². The summed E-state index contributed by atoms with van der Waals surface area (Å²) in [6.07, 6.45) is 15.1. The molecule has 5 heteroatoms. The second kappa shape index (κ2) is 10.3. The molecule has 1 aromatic rings. The predicted octanol–water partition coefficient (Wildman–Crippen LogP) is 4.06. The van der Waals surface area contributed by atoms with Gasteiger partial charge in [0.05, 0.1) is 11.7 Å². The van der Waals surface area contributed by atoms with Gasteiger partial charge in [0.15, 0.2) is 0 Å². The van der Waals surface area contributed by atoms with Crippen LogP contribution < -0.4 is 5.32 Å². The first kappa shape index (κ1) is 18.7. The smallest absolute Gasteiger partial charge is 0.244 e. The third-order valence-corrected chi connectivity index (χ3v) is 4.73. The van der Waals surface area contributed by atoms with E-state index in [9.17, 15) is 4.79 Å². The summed E-state index contributed by atoms with van der Waals surface area (Å²) in [7, 11) is 0. The summed E-state index contributed by atoms with van der Waals surface area (Å²) in [6, 6.07) is 0.485. The number of carbonyl (C=O) groups excluding carboxylic acids is 1. The summed E-state index contributed by atoms with van der Waals surface area (Å²) in [4.78, 5) is 11.9. The van der Waals surface area contributed by atoms with E-state index < -0.39 is 0 Å². The van der Waals surface area contributed by atoms with E-state index in [1.165, 1.54) is 37.8 Å². The molecular weight excluding hydrogens is 300 g/mol. The number of rotatable bonds is 9. The number of nitrogens with zero attached hydrogens (tertiary/aromatic N) is 3. The van der Waals surface area contributed by atoms with Gasteiger partial charge in [-0.15, -0.1) is 5.10 Å². The fraction of sp³-hybridized carbons (Fsp3) is 0.737. The normalized spacial score (nSPS) is 15.9. The fourth-order valence-electron chi connectivity index (χ4n) is 3.26. The summed E-state index contributed by atoms with van der Waals surface area (Å²) in [5.74, 6) is -0.0443. The van der Waals surface area contributed by atoms with Gasteiger partial charge in [-0.3, -0.25) is 4.79 Å². The van der Waals surface area contributed by atoms with Crippen molar-refractivity contribution in [2.45, 2.75) is 84.1 Å². The van der Waals surface area contributed by atoms with Gasteiger partial charge in [-0.05, 0) is 38.2 Å². The third kappa shape index (κ3) is 5.46. The summed E-state index contributed by atoms with van der Waals surface area (Å²) in [6.45, 7) is 5.05. The molecule has 1 aromatic heterocycles. The second-order valence-corrected chi connectivity index (χ2v) is 6.74. The van der Waals surface area contributed by atoms with Crippen molar-refractivity contribution < 1.29 is 4.79 Å². The van der Waals surface area contributed by atoms with Crippen molar-refractivity contribution in [3.05, 3.63) is 17.5 Å². The minimum atomic E-state index is -0.0443. The summed E-state index contributed by atoms with van der Waals surface area (Å²) >= 11 is 0. The minimum absolute atomic E-state index is 0.0443. The van der Waals surface area contributed by atoms with Crippen molar-refractivity contribution in [3.8, 4) is 0 Å². The molecular formula is C19H32N4O. The molecule has 24 heavy (non-hydrogen) atoms. The molecule has 0 saturated heterocycles. The number of hydrogen-bond acceptors (Lipinski definition) is 3. The molecule has 1 N–H and O–H groups in total. The van der Waals surface area contributed by atoms with Crippen molar-refractivity contribution in [2.75, 3.05) is 6.54 Å². The van der Waals surface area contributed by atoms with Gasteiger partial charge in [-0.1, -0.05) is 51.2 Å². The van der Waals surface area contributed by atoms with Gasteiger partial charge in [0, 0.05) is 12.6 Å². The molecule has 2 rings (SSSR count). The number of hydrogen-bond donors (Lipinski definition) is 1. The van der Waals surface area contributed by atoms with Gasteiger partial charge in [0.1, 0.15) is 5.69 Å². The summed E-state index contributed by atoms with van der Waals surface area (Å²) in [5.41, 5.74) is 2.06. The second-order valence-electron chi connectivity index (χ2n) is 6.74. The average Bonchev–Trinajstić information content (AvgIpc) is 3.02. The van der Waals surface area contributed by atoms with Crippen molar-refractivity contribution in [1.29, 1.82) is 0 Å². The molecule has 0 atom stereocenters. The Morgan fingerprint density at radius 1 is 1.21 bits per heavy atom. The van der Waals surface area contributed by atoms with Crippen LogP contribution in [0.3, 0.4) is 0 Å². The van der Waals surface area contributed by atoms with Crippen molar-refractivity contribution in [1.82, 2.24) is 20.3 Å². The quantitative estimate of drug-likeness (QED) is 0.548. The number of aromatic nitrogens is 3. The van der Waals surface area contributed by atoms with Crippen LogP contribution in [0, 0.1) is 0 Å². The van der Waals surface area contributed by atoms with E-state index in [1.807, 2.05) is 6.08 Å². The number of nitrogens with one attached hydrogen (secondary N) is 1. The molecule has 134 valence electrons. The maximum Gasteiger partial charge on any atom is 0.244 e.